The molecule has 0 spiro atoms. The Bertz CT molecular complexity index is 700. The molecule has 0 aliphatic heterocycles. The van der Waals surface area contributed by atoms with Crippen LogP contribution in [0.5, 0.6) is 0 Å². The zero-order chi connectivity index (χ0) is 16.1. The van der Waals surface area contributed by atoms with Crippen molar-refractivity contribution in [3.63, 3.8) is 0 Å². The Kier molecular flexibility index (Phi) is 5.38. The summed E-state index contributed by atoms with van der Waals surface area (Å²) in [4.78, 5) is 25.3. The van der Waals surface area contributed by atoms with E-state index < -0.39 is 0 Å². The van der Waals surface area contributed by atoms with E-state index in [9.17, 15) is 9.59 Å². The third kappa shape index (κ3) is 4.21. The molecule has 0 radical (unpaired) electrons. The molecule has 1 aromatic carbocycles. The van der Waals surface area contributed by atoms with Crippen molar-refractivity contribution in [2.75, 3.05) is 27.2 Å². The van der Waals surface area contributed by atoms with Crippen molar-refractivity contribution in [2.45, 2.75) is 19.3 Å². The maximum atomic E-state index is 11.8. The molecule has 22 heavy (non-hydrogen) atoms. The van der Waals surface area contributed by atoms with Crippen molar-refractivity contribution in [2.24, 2.45) is 7.05 Å². The van der Waals surface area contributed by atoms with Crippen LogP contribution < -0.4 is 11.1 Å². The molecule has 0 atom stereocenters. The number of carbonyl (C=O) groups is 1. The van der Waals surface area contributed by atoms with E-state index in [2.05, 4.69) is 10.2 Å². The standard InChI is InChI=1S/C16H23N3O3/c1-18(2)10-4-9-17-15(20)8-6-12-5-7-14-13(11-12)19(3)16(21)22-14/h5,7,11H,4,6,8-10H2,1-3H3,(H,17,20). The highest BCUT2D eigenvalue weighted by Crippen LogP contribution is 2.15. The van der Waals surface area contributed by atoms with Crippen LogP contribution in [0.2, 0.25) is 0 Å². The summed E-state index contributed by atoms with van der Waals surface area (Å²) in [5.41, 5.74) is 2.35. The predicted octanol–water partition coefficient (Wildman–Crippen LogP) is 1.13. The normalized spacial score (nSPS) is 11.3. The third-order valence-corrected chi connectivity index (χ3v) is 3.60. The van der Waals surface area contributed by atoms with Gasteiger partial charge in [0.25, 0.3) is 0 Å². The number of benzene rings is 1. The van der Waals surface area contributed by atoms with E-state index in [4.69, 9.17) is 4.42 Å². The summed E-state index contributed by atoms with van der Waals surface area (Å²) in [7, 11) is 5.71. The molecular formula is C16H23N3O3. The van der Waals surface area contributed by atoms with E-state index in [1.165, 1.54) is 4.57 Å². The second kappa shape index (κ2) is 7.26. The highest BCUT2D eigenvalue weighted by Gasteiger charge is 2.08. The van der Waals surface area contributed by atoms with Crippen LogP contribution in [-0.2, 0) is 18.3 Å². The van der Waals surface area contributed by atoms with E-state index in [0.717, 1.165) is 24.0 Å². The Balaban J connectivity index is 1.85. The molecule has 1 N–H and O–H groups in total. The number of hydrogen-bond donors (Lipinski definition) is 1. The fourth-order valence-electron chi connectivity index (χ4n) is 2.30. The molecule has 0 saturated carbocycles. The number of aryl methyl sites for hydroxylation is 2. The van der Waals surface area contributed by atoms with E-state index in [1.54, 1.807) is 13.1 Å². The van der Waals surface area contributed by atoms with Crippen molar-refractivity contribution < 1.29 is 9.21 Å². The van der Waals surface area contributed by atoms with Gasteiger partial charge in [0, 0.05) is 20.0 Å². The largest absolute Gasteiger partial charge is 0.419 e. The Labute approximate surface area is 129 Å². The lowest BCUT2D eigenvalue weighted by molar-refractivity contribution is -0.121. The maximum Gasteiger partial charge on any atom is 0.419 e. The van der Waals surface area contributed by atoms with Crippen LogP contribution in [0.3, 0.4) is 0 Å². The van der Waals surface area contributed by atoms with Crippen molar-refractivity contribution in [1.82, 2.24) is 14.8 Å². The smallest absolute Gasteiger partial charge is 0.408 e. The van der Waals surface area contributed by atoms with Crippen LogP contribution in [0.25, 0.3) is 11.1 Å². The Morgan fingerprint density at radius 2 is 2.14 bits per heavy atom. The van der Waals surface area contributed by atoms with Gasteiger partial charge in [0.2, 0.25) is 5.91 Å². The van der Waals surface area contributed by atoms with Crippen LogP contribution in [-0.4, -0.2) is 42.6 Å². The van der Waals surface area contributed by atoms with Crippen LogP contribution in [0.1, 0.15) is 18.4 Å². The summed E-state index contributed by atoms with van der Waals surface area (Å²) in [5, 5.41) is 2.92. The molecule has 1 amide bonds. The average Bonchev–Trinajstić information content (AvgIpc) is 2.76. The zero-order valence-electron chi connectivity index (χ0n) is 13.4. The van der Waals surface area contributed by atoms with Gasteiger partial charge in [0.05, 0.1) is 5.52 Å². The monoisotopic (exact) mass is 305 g/mol. The predicted molar refractivity (Wildman–Crippen MR) is 86.0 cm³/mol. The molecule has 0 aliphatic carbocycles. The fraction of sp³-hybridized carbons (Fsp3) is 0.500. The highest BCUT2D eigenvalue weighted by molar-refractivity contribution is 5.77. The third-order valence-electron chi connectivity index (χ3n) is 3.60. The summed E-state index contributed by atoms with van der Waals surface area (Å²) in [6.45, 7) is 1.66. The van der Waals surface area contributed by atoms with Gasteiger partial charge in [-0.15, -0.1) is 0 Å². The van der Waals surface area contributed by atoms with Crippen LogP contribution in [0.15, 0.2) is 27.4 Å². The number of rotatable bonds is 7. The van der Waals surface area contributed by atoms with Gasteiger partial charge in [0.1, 0.15) is 0 Å². The summed E-state index contributed by atoms with van der Waals surface area (Å²) in [6, 6.07) is 5.57. The molecule has 1 aromatic heterocycles. The van der Waals surface area contributed by atoms with Gasteiger partial charge in [-0.25, -0.2) is 4.79 Å². The minimum absolute atomic E-state index is 0.0555. The van der Waals surface area contributed by atoms with Gasteiger partial charge in [-0.2, -0.15) is 0 Å². The van der Waals surface area contributed by atoms with E-state index in [0.29, 0.717) is 25.0 Å². The molecule has 6 nitrogen and oxygen atoms in total. The lowest BCUT2D eigenvalue weighted by atomic mass is 10.1. The number of carbonyl (C=O) groups excluding carboxylic acids is 1. The first kappa shape index (κ1) is 16.3. The minimum atomic E-state index is -0.370. The molecule has 2 aromatic rings. The molecular weight excluding hydrogens is 282 g/mol. The Morgan fingerprint density at radius 1 is 1.36 bits per heavy atom. The summed E-state index contributed by atoms with van der Waals surface area (Å²) >= 11 is 0. The quantitative estimate of drug-likeness (QED) is 0.779. The molecule has 0 saturated heterocycles. The Morgan fingerprint density at radius 3 is 2.86 bits per heavy atom. The van der Waals surface area contributed by atoms with Crippen molar-refractivity contribution >= 4 is 17.0 Å². The number of hydrogen-bond acceptors (Lipinski definition) is 4. The summed E-state index contributed by atoms with van der Waals surface area (Å²) in [6.07, 6.45) is 2.04. The van der Waals surface area contributed by atoms with Gasteiger partial charge in [-0.05, 0) is 51.2 Å². The molecule has 0 unspecified atom stereocenters. The molecule has 1 heterocycles. The van der Waals surface area contributed by atoms with Gasteiger partial charge in [-0.1, -0.05) is 6.07 Å². The van der Waals surface area contributed by atoms with E-state index >= 15 is 0 Å². The zero-order valence-corrected chi connectivity index (χ0v) is 13.4. The van der Waals surface area contributed by atoms with Gasteiger partial charge >= 0.3 is 5.76 Å². The van der Waals surface area contributed by atoms with Gasteiger partial charge in [-0.3, -0.25) is 9.36 Å². The lowest BCUT2D eigenvalue weighted by Crippen LogP contribution is -2.27. The average molecular weight is 305 g/mol. The molecule has 2 rings (SSSR count). The molecule has 6 heteroatoms. The molecule has 0 aliphatic rings. The van der Waals surface area contributed by atoms with Gasteiger partial charge in [0.15, 0.2) is 5.58 Å². The first-order chi connectivity index (χ1) is 10.5. The number of amides is 1. The number of aromatic nitrogens is 1. The number of fused-ring (bicyclic) bond motifs is 1. The Hall–Kier alpha value is -2.08. The maximum absolute atomic E-state index is 11.8. The second-order valence-corrected chi connectivity index (χ2v) is 5.74. The molecule has 0 bridgehead atoms. The van der Waals surface area contributed by atoms with Crippen molar-refractivity contribution in [3.05, 3.63) is 34.3 Å². The van der Waals surface area contributed by atoms with Crippen molar-refractivity contribution in [1.29, 1.82) is 0 Å². The molecule has 120 valence electrons. The van der Waals surface area contributed by atoms with E-state index in [-0.39, 0.29) is 11.7 Å². The lowest BCUT2D eigenvalue weighted by Gasteiger charge is -2.09. The summed E-state index contributed by atoms with van der Waals surface area (Å²) in [5.74, 6) is -0.314. The SMILES string of the molecule is CN(C)CCCNC(=O)CCc1ccc2oc(=O)n(C)c2c1. The highest BCUT2D eigenvalue weighted by atomic mass is 16.4. The number of oxazole rings is 1. The topological polar surface area (TPSA) is 67.5 Å². The second-order valence-electron chi connectivity index (χ2n) is 5.74. The van der Waals surface area contributed by atoms with Crippen LogP contribution in [0.4, 0.5) is 0 Å². The first-order valence-electron chi connectivity index (χ1n) is 7.47. The fourth-order valence-corrected chi connectivity index (χ4v) is 2.30. The molecule has 0 fully saturated rings. The number of nitrogens with one attached hydrogen (secondary N) is 1. The van der Waals surface area contributed by atoms with Crippen LogP contribution in [0, 0.1) is 0 Å². The number of nitrogens with zero attached hydrogens (tertiary/aromatic N) is 2. The van der Waals surface area contributed by atoms with Crippen molar-refractivity contribution in [3.8, 4) is 0 Å². The van der Waals surface area contributed by atoms with Gasteiger partial charge < -0.3 is 14.6 Å². The first-order valence-corrected chi connectivity index (χ1v) is 7.47. The van der Waals surface area contributed by atoms with Crippen LogP contribution >= 0.6 is 0 Å². The minimum Gasteiger partial charge on any atom is -0.408 e. The van der Waals surface area contributed by atoms with E-state index in [1.807, 2.05) is 26.2 Å². The summed E-state index contributed by atoms with van der Waals surface area (Å²) < 4.78 is 6.56.